The standard InChI is InChI=1S/C24H28O6/c1-5-28-21(25)24(22(26)29-6-2,23(27)30-7-3)20(18-14-9-8-10-15-18)19-16-12-11-13-17(19)4/h8-16,20H,5-7H2,1-4H3/t20-/m1/s1. The Morgan fingerprint density at radius 3 is 1.60 bits per heavy atom. The van der Waals surface area contributed by atoms with Crippen LogP contribution in [0.3, 0.4) is 0 Å². The summed E-state index contributed by atoms with van der Waals surface area (Å²) < 4.78 is 15.8. The predicted molar refractivity (Wildman–Crippen MR) is 112 cm³/mol. The fourth-order valence-corrected chi connectivity index (χ4v) is 3.56. The molecule has 0 amide bonds. The predicted octanol–water partition coefficient (Wildman–Crippen LogP) is 3.80. The molecule has 6 nitrogen and oxygen atoms in total. The van der Waals surface area contributed by atoms with Crippen molar-refractivity contribution in [3.8, 4) is 0 Å². The van der Waals surface area contributed by atoms with E-state index in [4.69, 9.17) is 14.2 Å². The summed E-state index contributed by atoms with van der Waals surface area (Å²) in [5, 5.41) is 0. The molecule has 0 fully saturated rings. The molecule has 0 spiro atoms. The van der Waals surface area contributed by atoms with Crippen LogP contribution in [0.2, 0.25) is 0 Å². The summed E-state index contributed by atoms with van der Waals surface area (Å²) >= 11 is 0. The SMILES string of the molecule is CCOC(=O)C(C(=O)OCC)(C(=O)OCC)[C@H](c1ccccc1)c1ccccc1C. The van der Waals surface area contributed by atoms with E-state index < -0.39 is 29.2 Å². The molecule has 2 aromatic rings. The second kappa shape index (κ2) is 10.6. The van der Waals surface area contributed by atoms with Gasteiger partial charge in [-0.2, -0.15) is 0 Å². The van der Waals surface area contributed by atoms with Crippen LogP contribution in [-0.4, -0.2) is 37.7 Å². The zero-order valence-electron chi connectivity index (χ0n) is 17.8. The van der Waals surface area contributed by atoms with E-state index in [2.05, 4.69) is 0 Å². The van der Waals surface area contributed by atoms with Crippen LogP contribution in [-0.2, 0) is 28.6 Å². The molecule has 30 heavy (non-hydrogen) atoms. The Balaban J connectivity index is 2.92. The average molecular weight is 412 g/mol. The molecule has 0 aliphatic heterocycles. The van der Waals surface area contributed by atoms with E-state index in [1.54, 1.807) is 57.2 Å². The minimum atomic E-state index is -2.34. The van der Waals surface area contributed by atoms with Crippen molar-refractivity contribution in [2.75, 3.05) is 19.8 Å². The van der Waals surface area contributed by atoms with E-state index in [0.29, 0.717) is 11.1 Å². The van der Waals surface area contributed by atoms with E-state index in [1.807, 2.05) is 25.1 Å². The fourth-order valence-electron chi connectivity index (χ4n) is 3.56. The van der Waals surface area contributed by atoms with Gasteiger partial charge in [-0.1, -0.05) is 54.6 Å². The highest BCUT2D eigenvalue weighted by molar-refractivity contribution is 6.19. The van der Waals surface area contributed by atoms with Gasteiger partial charge in [-0.05, 0) is 44.4 Å². The van der Waals surface area contributed by atoms with Gasteiger partial charge < -0.3 is 14.2 Å². The van der Waals surface area contributed by atoms with E-state index in [0.717, 1.165) is 5.56 Å². The molecule has 2 aromatic carbocycles. The molecular formula is C24H28O6. The van der Waals surface area contributed by atoms with Gasteiger partial charge in [-0.3, -0.25) is 14.4 Å². The van der Waals surface area contributed by atoms with Crippen LogP contribution in [0.15, 0.2) is 54.6 Å². The highest BCUT2D eigenvalue weighted by Crippen LogP contribution is 2.45. The molecule has 0 saturated heterocycles. The highest BCUT2D eigenvalue weighted by Gasteiger charge is 2.63. The Morgan fingerprint density at radius 2 is 1.17 bits per heavy atom. The third kappa shape index (κ3) is 4.37. The van der Waals surface area contributed by atoms with Gasteiger partial charge in [0.15, 0.2) is 0 Å². The molecule has 0 aliphatic rings. The molecule has 0 saturated carbocycles. The number of aryl methyl sites for hydroxylation is 1. The van der Waals surface area contributed by atoms with Crippen molar-refractivity contribution >= 4 is 17.9 Å². The van der Waals surface area contributed by atoms with Crippen molar-refractivity contribution in [1.29, 1.82) is 0 Å². The van der Waals surface area contributed by atoms with Gasteiger partial charge in [0.05, 0.1) is 19.8 Å². The number of hydrogen-bond donors (Lipinski definition) is 0. The number of esters is 3. The zero-order valence-corrected chi connectivity index (χ0v) is 17.8. The molecule has 160 valence electrons. The molecule has 0 heterocycles. The van der Waals surface area contributed by atoms with Gasteiger partial charge in [0.1, 0.15) is 0 Å². The van der Waals surface area contributed by atoms with Crippen LogP contribution in [0, 0.1) is 12.3 Å². The van der Waals surface area contributed by atoms with E-state index in [9.17, 15) is 14.4 Å². The Morgan fingerprint density at radius 1 is 0.733 bits per heavy atom. The number of benzene rings is 2. The Kier molecular flexibility index (Phi) is 8.16. The van der Waals surface area contributed by atoms with Crippen LogP contribution >= 0.6 is 0 Å². The maximum absolute atomic E-state index is 13.4. The maximum Gasteiger partial charge on any atom is 0.336 e. The summed E-state index contributed by atoms with van der Waals surface area (Å²) in [5.74, 6) is -3.95. The summed E-state index contributed by atoms with van der Waals surface area (Å²) in [6.45, 7) is 6.69. The molecule has 1 atom stereocenters. The first kappa shape index (κ1) is 23.1. The Hall–Kier alpha value is -3.15. The van der Waals surface area contributed by atoms with Crippen LogP contribution in [0.25, 0.3) is 0 Å². The van der Waals surface area contributed by atoms with Gasteiger partial charge in [-0.15, -0.1) is 0 Å². The van der Waals surface area contributed by atoms with Crippen molar-refractivity contribution in [1.82, 2.24) is 0 Å². The van der Waals surface area contributed by atoms with Gasteiger partial charge in [0, 0.05) is 5.92 Å². The Labute approximate surface area is 177 Å². The van der Waals surface area contributed by atoms with Crippen molar-refractivity contribution in [3.05, 3.63) is 71.3 Å². The summed E-state index contributed by atoms with van der Waals surface area (Å²) in [7, 11) is 0. The monoisotopic (exact) mass is 412 g/mol. The fraction of sp³-hybridized carbons (Fsp3) is 0.375. The van der Waals surface area contributed by atoms with Crippen molar-refractivity contribution in [2.24, 2.45) is 5.41 Å². The van der Waals surface area contributed by atoms with Crippen LogP contribution in [0.5, 0.6) is 0 Å². The molecule has 0 N–H and O–H groups in total. The number of carbonyl (C=O) groups excluding carboxylic acids is 3. The van der Waals surface area contributed by atoms with Gasteiger partial charge in [-0.25, -0.2) is 0 Å². The lowest BCUT2D eigenvalue weighted by Gasteiger charge is -2.35. The number of carbonyl (C=O) groups is 3. The van der Waals surface area contributed by atoms with E-state index >= 15 is 0 Å². The molecule has 0 aliphatic carbocycles. The van der Waals surface area contributed by atoms with Crippen LogP contribution < -0.4 is 0 Å². The lowest BCUT2D eigenvalue weighted by Crippen LogP contribution is -2.54. The molecular weight excluding hydrogens is 384 g/mol. The van der Waals surface area contributed by atoms with Gasteiger partial charge in [0.2, 0.25) is 0 Å². The second-order valence-electron chi connectivity index (χ2n) is 6.67. The maximum atomic E-state index is 13.4. The number of ether oxygens (including phenoxy) is 3. The minimum Gasteiger partial charge on any atom is -0.465 e. The Bertz CT molecular complexity index is 829. The average Bonchev–Trinajstić information content (AvgIpc) is 2.73. The molecule has 0 unspecified atom stereocenters. The van der Waals surface area contributed by atoms with Gasteiger partial charge >= 0.3 is 17.9 Å². The third-order valence-electron chi connectivity index (χ3n) is 4.86. The van der Waals surface area contributed by atoms with E-state index in [-0.39, 0.29) is 19.8 Å². The third-order valence-corrected chi connectivity index (χ3v) is 4.86. The first-order valence-electron chi connectivity index (χ1n) is 10.1. The summed E-state index contributed by atoms with van der Waals surface area (Å²) in [5.41, 5.74) is -0.289. The first-order valence-corrected chi connectivity index (χ1v) is 10.1. The second-order valence-corrected chi connectivity index (χ2v) is 6.67. The molecule has 6 heteroatoms. The molecule has 0 radical (unpaired) electrons. The first-order chi connectivity index (χ1) is 14.4. The number of hydrogen-bond acceptors (Lipinski definition) is 6. The van der Waals surface area contributed by atoms with Crippen molar-refractivity contribution < 1.29 is 28.6 Å². The highest BCUT2D eigenvalue weighted by atomic mass is 16.6. The van der Waals surface area contributed by atoms with Crippen LogP contribution in [0.1, 0.15) is 43.4 Å². The van der Waals surface area contributed by atoms with Crippen molar-refractivity contribution in [2.45, 2.75) is 33.6 Å². The molecule has 0 bridgehead atoms. The summed E-state index contributed by atoms with van der Waals surface area (Å²) in [6.07, 6.45) is 0. The van der Waals surface area contributed by atoms with Crippen LogP contribution in [0.4, 0.5) is 0 Å². The summed E-state index contributed by atoms with van der Waals surface area (Å²) in [4.78, 5) is 40.1. The van der Waals surface area contributed by atoms with Crippen molar-refractivity contribution in [3.63, 3.8) is 0 Å². The lowest BCUT2D eigenvalue weighted by molar-refractivity contribution is -0.185. The van der Waals surface area contributed by atoms with Gasteiger partial charge in [0.25, 0.3) is 5.41 Å². The number of rotatable bonds is 9. The smallest absolute Gasteiger partial charge is 0.336 e. The summed E-state index contributed by atoms with van der Waals surface area (Å²) in [6, 6.07) is 16.2. The van der Waals surface area contributed by atoms with E-state index in [1.165, 1.54) is 0 Å². The quantitative estimate of drug-likeness (QED) is 0.354. The molecule has 2 rings (SSSR count). The zero-order chi connectivity index (χ0) is 22.1. The normalized spacial score (nSPS) is 12.0. The lowest BCUT2D eigenvalue weighted by atomic mass is 9.67. The largest absolute Gasteiger partial charge is 0.465 e. The topological polar surface area (TPSA) is 78.9 Å². The molecule has 0 aromatic heterocycles. The minimum absolute atomic E-state index is 0.00528.